The summed E-state index contributed by atoms with van der Waals surface area (Å²) in [7, 11) is 0. The monoisotopic (exact) mass is 316 g/mol. The van der Waals surface area contributed by atoms with E-state index in [9.17, 15) is 4.79 Å². The first-order chi connectivity index (χ1) is 11.2. The Hall–Kier alpha value is -1.87. The minimum Gasteiger partial charge on any atom is -0.459 e. The standard InChI is InChI=1S/C20H28O3/c1-4-7-14-18(22-16-17-12-9-8-10-13-17)15-19(11-5-2)23-20(21)6-3/h5-6,8-10,12-13,18-19H,2-4,7,11,14-16H2,1H3/t18-,19-/m1/s1. The van der Waals surface area contributed by atoms with Crippen molar-refractivity contribution in [1.82, 2.24) is 0 Å². The highest BCUT2D eigenvalue weighted by atomic mass is 16.5. The van der Waals surface area contributed by atoms with Gasteiger partial charge in [0, 0.05) is 18.9 Å². The zero-order valence-electron chi connectivity index (χ0n) is 14.1. The van der Waals surface area contributed by atoms with Crippen molar-refractivity contribution < 1.29 is 14.3 Å². The molecular weight excluding hydrogens is 288 g/mol. The van der Waals surface area contributed by atoms with Crippen molar-refractivity contribution in [3.63, 3.8) is 0 Å². The van der Waals surface area contributed by atoms with Crippen LogP contribution in [0, 0.1) is 0 Å². The summed E-state index contributed by atoms with van der Waals surface area (Å²) in [5.41, 5.74) is 1.15. The lowest BCUT2D eigenvalue weighted by Crippen LogP contribution is -2.25. The molecule has 0 bridgehead atoms. The third-order valence-electron chi connectivity index (χ3n) is 3.61. The van der Waals surface area contributed by atoms with Gasteiger partial charge >= 0.3 is 5.97 Å². The zero-order chi connectivity index (χ0) is 16.9. The van der Waals surface area contributed by atoms with Gasteiger partial charge in [-0.2, -0.15) is 0 Å². The summed E-state index contributed by atoms with van der Waals surface area (Å²) >= 11 is 0. The molecule has 1 aromatic rings. The Morgan fingerprint density at radius 3 is 2.57 bits per heavy atom. The maximum Gasteiger partial charge on any atom is 0.330 e. The van der Waals surface area contributed by atoms with Crippen molar-refractivity contribution in [2.45, 2.75) is 57.8 Å². The second-order valence-corrected chi connectivity index (χ2v) is 5.58. The number of benzene rings is 1. The molecule has 126 valence electrons. The fourth-order valence-corrected chi connectivity index (χ4v) is 2.37. The van der Waals surface area contributed by atoms with Gasteiger partial charge in [0.05, 0.1) is 12.7 Å². The number of carbonyl (C=O) groups excluding carboxylic acids is 1. The SMILES string of the molecule is C=CC[C@H](C[C@@H](CCCC)OCc1ccccc1)OC(=O)C=C. The lowest BCUT2D eigenvalue weighted by molar-refractivity contribution is -0.144. The van der Waals surface area contributed by atoms with Gasteiger partial charge < -0.3 is 9.47 Å². The Balaban J connectivity index is 2.60. The van der Waals surface area contributed by atoms with Gasteiger partial charge in [-0.1, -0.05) is 62.8 Å². The van der Waals surface area contributed by atoms with Crippen molar-refractivity contribution in [3.8, 4) is 0 Å². The van der Waals surface area contributed by atoms with Crippen LogP contribution >= 0.6 is 0 Å². The molecule has 0 fully saturated rings. The number of esters is 1. The molecule has 23 heavy (non-hydrogen) atoms. The third kappa shape index (κ3) is 8.36. The highest BCUT2D eigenvalue weighted by molar-refractivity contribution is 5.81. The summed E-state index contributed by atoms with van der Waals surface area (Å²) in [6, 6.07) is 10.1. The van der Waals surface area contributed by atoms with Crippen LogP contribution in [0.1, 0.15) is 44.6 Å². The number of ether oxygens (including phenoxy) is 2. The molecule has 0 spiro atoms. The molecule has 2 atom stereocenters. The number of carbonyl (C=O) groups is 1. The Morgan fingerprint density at radius 1 is 1.22 bits per heavy atom. The van der Waals surface area contributed by atoms with Gasteiger partial charge in [0.2, 0.25) is 0 Å². The summed E-state index contributed by atoms with van der Waals surface area (Å²) in [6.45, 7) is 9.92. The highest BCUT2D eigenvalue weighted by Gasteiger charge is 2.19. The van der Waals surface area contributed by atoms with Crippen LogP contribution in [0.4, 0.5) is 0 Å². The number of hydrogen-bond acceptors (Lipinski definition) is 3. The molecule has 0 aliphatic rings. The van der Waals surface area contributed by atoms with Gasteiger partial charge in [-0.25, -0.2) is 4.79 Å². The molecule has 0 amide bonds. The number of hydrogen-bond donors (Lipinski definition) is 0. The van der Waals surface area contributed by atoms with Gasteiger partial charge in [0.25, 0.3) is 0 Å². The highest BCUT2D eigenvalue weighted by Crippen LogP contribution is 2.18. The van der Waals surface area contributed by atoms with Gasteiger partial charge in [-0.05, 0) is 12.0 Å². The van der Waals surface area contributed by atoms with Crippen molar-refractivity contribution in [2.24, 2.45) is 0 Å². The first kappa shape index (κ1) is 19.2. The fraction of sp³-hybridized carbons (Fsp3) is 0.450. The van der Waals surface area contributed by atoms with Crippen LogP contribution in [-0.2, 0) is 20.9 Å². The molecule has 0 aromatic heterocycles. The third-order valence-corrected chi connectivity index (χ3v) is 3.61. The van der Waals surface area contributed by atoms with Crippen LogP contribution in [0.5, 0.6) is 0 Å². The maximum atomic E-state index is 11.5. The average molecular weight is 316 g/mol. The second-order valence-electron chi connectivity index (χ2n) is 5.58. The summed E-state index contributed by atoms with van der Waals surface area (Å²) in [4.78, 5) is 11.5. The smallest absolute Gasteiger partial charge is 0.330 e. The lowest BCUT2D eigenvalue weighted by Gasteiger charge is -2.23. The minimum atomic E-state index is -0.394. The van der Waals surface area contributed by atoms with Crippen LogP contribution in [0.2, 0.25) is 0 Å². The lowest BCUT2D eigenvalue weighted by atomic mass is 10.0. The number of unbranched alkanes of at least 4 members (excludes halogenated alkanes) is 1. The van der Waals surface area contributed by atoms with Crippen molar-refractivity contribution in [2.75, 3.05) is 0 Å². The van der Waals surface area contributed by atoms with E-state index in [1.54, 1.807) is 6.08 Å². The Labute approximate surface area is 140 Å². The van der Waals surface area contributed by atoms with Crippen LogP contribution < -0.4 is 0 Å². The average Bonchev–Trinajstić information content (AvgIpc) is 2.58. The maximum absolute atomic E-state index is 11.5. The molecule has 0 aliphatic carbocycles. The summed E-state index contributed by atoms with van der Waals surface area (Å²) in [5.74, 6) is -0.394. The van der Waals surface area contributed by atoms with E-state index in [4.69, 9.17) is 9.47 Å². The van der Waals surface area contributed by atoms with Crippen LogP contribution in [0.25, 0.3) is 0 Å². The molecule has 1 aromatic carbocycles. The number of rotatable bonds is 12. The van der Waals surface area contributed by atoms with Gasteiger partial charge in [0.1, 0.15) is 6.10 Å². The normalized spacial score (nSPS) is 13.1. The predicted octanol–water partition coefficient (Wildman–Crippen LogP) is 4.83. The topological polar surface area (TPSA) is 35.5 Å². The molecule has 0 unspecified atom stereocenters. The molecular formula is C20H28O3. The van der Waals surface area contributed by atoms with E-state index in [2.05, 4.69) is 32.2 Å². The summed E-state index contributed by atoms with van der Waals surface area (Å²) < 4.78 is 11.5. The minimum absolute atomic E-state index is 0.0673. The van der Waals surface area contributed by atoms with E-state index >= 15 is 0 Å². The first-order valence-electron chi connectivity index (χ1n) is 8.29. The van der Waals surface area contributed by atoms with Crippen LogP contribution in [-0.4, -0.2) is 18.2 Å². The van der Waals surface area contributed by atoms with E-state index in [1.807, 2.05) is 18.2 Å². The van der Waals surface area contributed by atoms with Gasteiger partial charge in [-0.15, -0.1) is 6.58 Å². The van der Waals surface area contributed by atoms with Gasteiger partial charge in [-0.3, -0.25) is 0 Å². The van der Waals surface area contributed by atoms with E-state index in [1.165, 1.54) is 6.08 Å². The van der Waals surface area contributed by atoms with Crippen molar-refractivity contribution in [3.05, 3.63) is 61.2 Å². The molecule has 0 saturated heterocycles. The Bertz CT molecular complexity index is 467. The van der Waals surface area contributed by atoms with E-state index in [-0.39, 0.29) is 12.2 Å². The molecule has 0 N–H and O–H groups in total. The van der Waals surface area contributed by atoms with E-state index < -0.39 is 5.97 Å². The molecule has 0 heterocycles. The van der Waals surface area contributed by atoms with Crippen LogP contribution in [0.3, 0.4) is 0 Å². The quantitative estimate of drug-likeness (QED) is 0.315. The van der Waals surface area contributed by atoms with E-state index in [0.29, 0.717) is 19.4 Å². The van der Waals surface area contributed by atoms with Gasteiger partial charge in [0.15, 0.2) is 0 Å². The predicted molar refractivity (Wildman–Crippen MR) is 94.1 cm³/mol. The molecule has 1 rings (SSSR count). The summed E-state index contributed by atoms with van der Waals surface area (Å²) in [5, 5.41) is 0. The molecule has 3 nitrogen and oxygen atoms in total. The fourth-order valence-electron chi connectivity index (χ4n) is 2.37. The zero-order valence-corrected chi connectivity index (χ0v) is 14.1. The molecule has 0 saturated carbocycles. The van der Waals surface area contributed by atoms with Crippen molar-refractivity contribution in [1.29, 1.82) is 0 Å². The largest absolute Gasteiger partial charge is 0.459 e. The first-order valence-corrected chi connectivity index (χ1v) is 8.29. The van der Waals surface area contributed by atoms with Crippen LogP contribution in [0.15, 0.2) is 55.6 Å². The Morgan fingerprint density at radius 2 is 1.96 bits per heavy atom. The molecule has 0 radical (unpaired) electrons. The summed E-state index contributed by atoms with van der Waals surface area (Å²) in [6.07, 6.45) is 7.29. The Kier molecular flexibility index (Phi) is 9.73. The van der Waals surface area contributed by atoms with Crippen molar-refractivity contribution >= 4 is 5.97 Å². The second kappa shape index (κ2) is 11.7. The molecule has 0 aliphatic heterocycles. The van der Waals surface area contributed by atoms with E-state index in [0.717, 1.165) is 24.8 Å². The molecule has 3 heteroatoms.